The van der Waals surface area contributed by atoms with E-state index in [1.807, 2.05) is 19.0 Å². The third-order valence-corrected chi connectivity index (χ3v) is 6.37. The monoisotopic (exact) mass is 533 g/mol. The number of aliphatic hydroxyl groups is 1. The predicted molar refractivity (Wildman–Crippen MR) is 150 cm³/mol. The van der Waals surface area contributed by atoms with Gasteiger partial charge in [0.2, 0.25) is 0 Å². The molecule has 39 heavy (non-hydrogen) atoms. The Labute approximate surface area is 223 Å². The van der Waals surface area contributed by atoms with Crippen LogP contribution in [0, 0.1) is 0 Å². The number of likely N-dealkylation sites (N-methyl/N-ethyl adjacent to an activating group) is 1. The lowest BCUT2D eigenvalue weighted by Gasteiger charge is -2.22. The molecule has 0 saturated carbocycles. The van der Waals surface area contributed by atoms with Crippen LogP contribution in [0.5, 0.6) is 5.75 Å². The molecule has 0 aliphatic rings. The Morgan fingerprint density at radius 1 is 1.03 bits per heavy atom. The van der Waals surface area contributed by atoms with Crippen molar-refractivity contribution in [1.29, 1.82) is 0 Å². The fraction of sp³-hybridized carbons (Fsp3) is 0.345. The van der Waals surface area contributed by atoms with E-state index in [9.17, 15) is 19.5 Å². The standard InChI is InChI=1S/C29H31N3O7/c1-29(2,3)39-28(36)32-20-8-6-7-9-21(20)38-25-23-22(26(34)31(27(23)35)13-12-30(4)5)19-16-17(37-15-14-33)10-11-18(19)24(25)32/h6-11,16,33H,12-15H2,1-5H3. The normalized spacial score (nSPS) is 12.3. The zero-order chi connectivity index (χ0) is 28.1. The average Bonchev–Trinajstić information content (AvgIpc) is 3.13. The number of hydrogen-bond acceptors (Lipinski definition) is 8. The summed E-state index contributed by atoms with van der Waals surface area (Å²) in [5.41, 5.74) is -0.514. The minimum atomic E-state index is -0.795. The first-order valence-corrected chi connectivity index (χ1v) is 12.7. The zero-order valence-corrected chi connectivity index (χ0v) is 22.6. The quantitative estimate of drug-likeness (QED) is 0.258. The van der Waals surface area contributed by atoms with Crippen LogP contribution in [-0.2, 0) is 11.3 Å². The van der Waals surface area contributed by atoms with Gasteiger partial charge in [-0.25, -0.2) is 9.36 Å². The zero-order valence-electron chi connectivity index (χ0n) is 22.6. The topological polar surface area (TPSA) is 116 Å². The molecule has 0 bridgehead atoms. The summed E-state index contributed by atoms with van der Waals surface area (Å²) in [4.78, 5) is 43.1. The molecular formula is C29H31N3O7. The Morgan fingerprint density at radius 3 is 2.44 bits per heavy atom. The molecule has 0 radical (unpaired) electrons. The lowest BCUT2D eigenvalue weighted by Crippen LogP contribution is -2.30. The summed E-state index contributed by atoms with van der Waals surface area (Å²) in [5.74, 6) is 0.409. The maximum Gasteiger partial charge on any atom is 0.419 e. The van der Waals surface area contributed by atoms with Gasteiger partial charge in [0, 0.05) is 23.9 Å². The maximum absolute atomic E-state index is 13.8. The van der Waals surface area contributed by atoms with Gasteiger partial charge in [-0.15, -0.1) is 0 Å². The van der Waals surface area contributed by atoms with Gasteiger partial charge in [-0.2, -0.15) is 0 Å². The van der Waals surface area contributed by atoms with Crippen molar-refractivity contribution in [2.45, 2.75) is 32.9 Å². The van der Waals surface area contributed by atoms with Gasteiger partial charge in [0.15, 0.2) is 11.2 Å². The highest BCUT2D eigenvalue weighted by Gasteiger charge is 2.28. The molecule has 2 heterocycles. The highest BCUT2D eigenvalue weighted by Crippen LogP contribution is 2.37. The number of rotatable bonds is 6. The molecule has 5 rings (SSSR count). The Morgan fingerprint density at radius 2 is 1.74 bits per heavy atom. The molecule has 3 aromatic carbocycles. The van der Waals surface area contributed by atoms with Gasteiger partial charge in [-0.3, -0.25) is 14.2 Å². The van der Waals surface area contributed by atoms with E-state index < -0.39 is 22.8 Å². The molecule has 2 aromatic heterocycles. The number of aromatic nitrogens is 2. The van der Waals surface area contributed by atoms with Gasteiger partial charge in [-0.05, 0) is 65.2 Å². The lowest BCUT2D eigenvalue weighted by molar-refractivity contribution is 0.0550. The molecule has 1 N–H and O–H groups in total. The predicted octanol–water partition coefficient (Wildman–Crippen LogP) is 3.93. The molecule has 0 unspecified atom stereocenters. The van der Waals surface area contributed by atoms with E-state index in [1.54, 1.807) is 63.2 Å². The Hall–Kier alpha value is -4.15. The Kier molecular flexibility index (Phi) is 6.69. The summed E-state index contributed by atoms with van der Waals surface area (Å²) in [6.45, 7) is 5.85. The summed E-state index contributed by atoms with van der Waals surface area (Å²) in [7, 11) is 3.72. The van der Waals surface area contributed by atoms with Crippen LogP contribution in [0.2, 0.25) is 0 Å². The molecular weight excluding hydrogens is 502 g/mol. The van der Waals surface area contributed by atoms with Crippen molar-refractivity contribution < 1.29 is 23.8 Å². The van der Waals surface area contributed by atoms with Crippen LogP contribution < -0.4 is 15.9 Å². The van der Waals surface area contributed by atoms with E-state index in [0.717, 1.165) is 0 Å². The van der Waals surface area contributed by atoms with Crippen LogP contribution in [0.3, 0.4) is 0 Å². The van der Waals surface area contributed by atoms with Crippen molar-refractivity contribution in [3.8, 4) is 5.75 Å². The van der Waals surface area contributed by atoms with E-state index in [2.05, 4.69) is 0 Å². The first-order chi connectivity index (χ1) is 18.5. The van der Waals surface area contributed by atoms with Gasteiger partial charge < -0.3 is 23.9 Å². The van der Waals surface area contributed by atoms with Gasteiger partial charge in [0.1, 0.15) is 23.5 Å². The highest BCUT2D eigenvalue weighted by atomic mass is 16.6. The minimum absolute atomic E-state index is 0.0565. The number of carbonyl (C=O) groups is 1. The van der Waals surface area contributed by atoms with Crippen molar-refractivity contribution in [1.82, 2.24) is 14.0 Å². The third-order valence-electron chi connectivity index (χ3n) is 6.37. The number of fused-ring (bicyclic) bond motifs is 7. The molecule has 0 fully saturated rings. The van der Waals surface area contributed by atoms with Crippen molar-refractivity contribution in [3.05, 3.63) is 63.2 Å². The number of nitrogens with zero attached hydrogens (tertiary/aromatic N) is 3. The Bertz CT molecular complexity index is 1860. The van der Waals surface area contributed by atoms with E-state index in [1.165, 1.54) is 9.13 Å². The first-order valence-electron chi connectivity index (χ1n) is 12.7. The molecule has 10 nitrogen and oxygen atoms in total. The lowest BCUT2D eigenvalue weighted by atomic mass is 10.0. The second-order valence-electron chi connectivity index (χ2n) is 10.7. The molecule has 0 aliphatic heterocycles. The van der Waals surface area contributed by atoms with E-state index in [0.29, 0.717) is 39.7 Å². The molecule has 0 saturated heterocycles. The fourth-order valence-electron chi connectivity index (χ4n) is 4.75. The smallest absolute Gasteiger partial charge is 0.419 e. The second kappa shape index (κ2) is 9.87. The minimum Gasteiger partial charge on any atom is -0.491 e. The van der Waals surface area contributed by atoms with Gasteiger partial charge in [0.25, 0.3) is 11.1 Å². The second-order valence-corrected chi connectivity index (χ2v) is 10.7. The SMILES string of the molecule is CN(C)CCn1c(=O)c2c3cc(OCCO)ccc3c3c(oc4ccccc4n3C(=O)OC(C)(C)C)c2c1=O. The van der Waals surface area contributed by atoms with E-state index >= 15 is 0 Å². The molecule has 0 amide bonds. The molecule has 10 heteroatoms. The first kappa shape index (κ1) is 26.5. The number of ether oxygens (including phenoxy) is 2. The number of para-hydroxylation sites is 2. The molecule has 0 aliphatic carbocycles. The van der Waals surface area contributed by atoms with Gasteiger partial charge in [-0.1, -0.05) is 12.1 Å². The van der Waals surface area contributed by atoms with Crippen LogP contribution >= 0.6 is 0 Å². The van der Waals surface area contributed by atoms with E-state index in [-0.39, 0.29) is 36.1 Å². The summed E-state index contributed by atoms with van der Waals surface area (Å²) < 4.78 is 20.3. The molecule has 0 atom stereocenters. The Balaban J connectivity index is 2.01. The number of benzene rings is 3. The van der Waals surface area contributed by atoms with Gasteiger partial charge in [0.05, 0.1) is 22.9 Å². The average molecular weight is 534 g/mol. The maximum atomic E-state index is 13.8. The largest absolute Gasteiger partial charge is 0.491 e. The van der Waals surface area contributed by atoms with Crippen molar-refractivity contribution in [3.63, 3.8) is 0 Å². The highest BCUT2D eigenvalue weighted by molar-refractivity contribution is 6.24. The van der Waals surface area contributed by atoms with Gasteiger partial charge >= 0.3 is 6.09 Å². The summed E-state index contributed by atoms with van der Waals surface area (Å²) >= 11 is 0. The number of carbonyl (C=O) groups excluding carboxylic acids is 1. The molecule has 0 spiro atoms. The van der Waals surface area contributed by atoms with E-state index in [4.69, 9.17) is 13.9 Å². The molecule has 5 aromatic rings. The third kappa shape index (κ3) is 4.66. The number of aliphatic hydroxyl groups excluding tert-OH is 1. The summed E-state index contributed by atoms with van der Waals surface area (Å²) in [5, 5.41) is 10.5. The molecule has 204 valence electrons. The van der Waals surface area contributed by atoms with Crippen LogP contribution in [0.15, 0.2) is 56.5 Å². The van der Waals surface area contributed by atoms with Crippen molar-refractivity contribution in [2.75, 3.05) is 33.9 Å². The van der Waals surface area contributed by atoms with Crippen molar-refractivity contribution in [2.24, 2.45) is 0 Å². The summed E-state index contributed by atoms with van der Waals surface area (Å²) in [6.07, 6.45) is -0.650. The van der Waals surface area contributed by atoms with Crippen LogP contribution in [0.4, 0.5) is 4.79 Å². The van der Waals surface area contributed by atoms with Crippen LogP contribution in [0.1, 0.15) is 20.8 Å². The fourth-order valence-corrected chi connectivity index (χ4v) is 4.75. The van der Waals surface area contributed by atoms with Crippen LogP contribution in [-0.4, -0.2) is 64.7 Å². The summed E-state index contributed by atoms with van der Waals surface area (Å²) in [6, 6.07) is 12.0. The van der Waals surface area contributed by atoms with Crippen molar-refractivity contribution >= 4 is 49.8 Å². The number of hydrogen-bond donors (Lipinski definition) is 1. The van der Waals surface area contributed by atoms with Crippen LogP contribution in [0.25, 0.3) is 43.7 Å².